The molecule has 6 heteroatoms. The van der Waals surface area contributed by atoms with Gasteiger partial charge in [-0.1, -0.05) is 0 Å². The molecule has 116 valence electrons. The molecular formula is C16H15F2NO3. The summed E-state index contributed by atoms with van der Waals surface area (Å²) >= 11 is 0. The number of ether oxygens (including phenoxy) is 1. The van der Waals surface area contributed by atoms with Gasteiger partial charge >= 0.3 is 5.97 Å². The number of esters is 1. The highest BCUT2D eigenvalue weighted by Crippen LogP contribution is 2.15. The fraction of sp³-hybridized carbons (Fsp3) is 0.250. The van der Waals surface area contributed by atoms with Crippen molar-refractivity contribution in [1.82, 2.24) is 4.57 Å². The number of aromatic nitrogens is 1. The zero-order valence-electron chi connectivity index (χ0n) is 12.4. The van der Waals surface area contributed by atoms with Crippen molar-refractivity contribution in [2.24, 2.45) is 7.05 Å². The summed E-state index contributed by atoms with van der Waals surface area (Å²) in [6, 6.07) is 4.22. The molecule has 0 aliphatic carbocycles. The van der Waals surface area contributed by atoms with Gasteiger partial charge in [-0.15, -0.1) is 0 Å². The molecule has 0 bridgehead atoms. The molecule has 4 nitrogen and oxygen atoms in total. The Bertz CT molecular complexity index is 750. The molecule has 0 saturated heterocycles. The van der Waals surface area contributed by atoms with Crippen LogP contribution in [0.15, 0.2) is 24.3 Å². The highest BCUT2D eigenvalue weighted by Gasteiger charge is 2.18. The number of rotatable bonds is 4. The van der Waals surface area contributed by atoms with Crippen molar-refractivity contribution < 1.29 is 23.1 Å². The predicted molar refractivity (Wildman–Crippen MR) is 75.9 cm³/mol. The van der Waals surface area contributed by atoms with E-state index in [9.17, 15) is 18.4 Å². The smallest absolute Gasteiger partial charge is 0.341 e. The summed E-state index contributed by atoms with van der Waals surface area (Å²) in [5.41, 5.74) is 1.70. The average Bonchev–Trinajstić information content (AvgIpc) is 2.72. The first-order valence-corrected chi connectivity index (χ1v) is 6.59. The lowest BCUT2D eigenvalue weighted by molar-refractivity contribution is 0.0470. The first-order valence-electron chi connectivity index (χ1n) is 6.59. The van der Waals surface area contributed by atoms with E-state index in [4.69, 9.17) is 4.74 Å². The van der Waals surface area contributed by atoms with Crippen molar-refractivity contribution in [3.05, 3.63) is 58.4 Å². The van der Waals surface area contributed by atoms with E-state index >= 15 is 0 Å². The molecule has 22 heavy (non-hydrogen) atoms. The topological polar surface area (TPSA) is 48.3 Å². The van der Waals surface area contributed by atoms with E-state index in [-0.39, 0.29) is 5.78 Å². The number of hydrogen-bond acceptors (Lipinski definition) is 3. The molecule has 0 spiro atoms. The number of aryl methyl sites for hydroxylation is 1. The maximum absolute atomic E-state index is 13.4. The Morgan fingerprint density at radius 2 is 1.82 bits per heavy atom. The molecule has 1 aromatic heterocycles. The highest BCUT2D eigenvalue weighted by atomic mass is 19.1. The lowest BCUT2D eigenvalue weighted by atomic mass is 10.1. The maximum Gasteiger partial charge on any atom is 0.341 e. The van der Waals surface area contributed by atoms with Gasteiger partial charge in [-0.25, -0.2) is 13.6 Å². The molecule has 0 amide bonds. The van der Waals surface area contributed by atoms with Gasteiger partial charge in [-0.05, 0) is 32.0 Å². The lowest BCUT2D eigenvalue weighted by Gasteiger charge is -2.06. The van der Waals surface area contributed by atoms with E-state index in [2.05, 4.69) is 0 Å². The molecule has 2 rings (SSSR count). The normalized spacial score (nSPS) is 10.6. The van der Waals surface area contributed by atoms with Gasteiger partial charge in [0, 0.05) is 30.1 Å². The molecule has 0 aliphatic rings. The molecule has 0 saturated carbocycles. The number of Topliss-reactive ketones (excluding diaryl/α,β-unsaturated/α-hetero) is 1. The zero-order valence-corrected chi connectivity index (χ0v) is 12.4. The molecule has 0 radical (unpaired) electrons. The number of halogens is 2. The van der Waals surface area contributed by atoms with Crippen molar-refractivity contribution in [1.29, 1.82) is 0 Å². The second kappa shape index (κ2) is 6.09. The molecule has 0 unspecified atom stereocenters. The third kappa shape index (κ3) is 3.05. The Morgan fingerprint density at radius 3 is 2.36 bits per heavy atom. The lowest BCUT2D eigenvalue weighted by Crippen LogP contribution is -2.16. The number of nitrogens with zero attached hydrogens (tertiary/aromatic N) is 1. The second-order valence-corrected chi connectivity index (χ2v) is 4.97. The van der Waals surface area contributed by atoms with E-state index in [0.29, 0.717) is 11.6 Å². The summed E-state index contributed by atoms with van der Waals surface area (Å²) in [5.74, 6) is -3.20. The molecular weight excluding hydrogens is 292 g/mol. The van der Waals surface area contributed by atoms with Gasteiger partial charge in [-0.2, -0.15) is 0 Å². The summed E-state index contributed by atoms with van der Waals surface area (Å²) in [7, 11) is 1.82. The van der Waals surface area contributed by atoms with Crippen LogP contribution in [0, 0.1) is 25.5 Å². The monoisotopic (exact) mass is 307 g/mol. The number of benzene rings is 1. The Morgan fingerprint density at radius 1 is 1.14 bits per heavy atom. The molecule has 0 aliphatic heterocycles. The fourth-order valence-electron chi connectivity index (χ4n) is 2.08. The summed E-state index contributed by atoms with van der Waals surface area (Å²) in [5, 5.41) is 0. The minimum atomic E-state index is -1.02. The van der Waals surface area contributed by atoms with Crippen LogP contribution >= 0.6 is 0 Å². The predicted octanol–water partition coefficient (Wildman–Crippen LogP) is 2.96. The number of carbonyl (C=O) groups is 2. The van der Waals surface area contributed by atoms with Gasteiger partial charge in [0.2, 0.25) is 5.78 Å². The SMILES string of the molecule is Cc1cc(C(=O)COC(=O)c2ccc(F)cc2F)c(C)n1C. The van der Waals surface area contributed by atoms with E-state index in [1.165, 1.54) is 0 Å². The van der Waals surface area contributed by atoms with Crippen LogP contribution < -0.4 is 0 Å². The first kappa shape index (κ1) is 15.9. The van der Waals surface area contributed by atoms with E-state index in [1.54, 1.807) is 13.0 Å². The van der Waals surface area contributed by atoms with Crippen LogP contribution in [-0.4, -0.2) is 22.9 Å². The van der Waals surface area contributed by atoms with Crippen molar-refractivity contribution >= 4 is 11.8 Å². The number of ketones is 1. The second-order valence-electron chi connectivity index (χ2n) is 4.97. The molecule has 1 aromatic carbocycles. The van der Waals surface area contributed by atoms with Crippen molar-refractivity contribution in [2.75, 3.05) is 6.61 Å². The van der Waals surface area contributed by atoms with Crippen LogP contribution in [0.1, 0.15) is 32.1 Å². The van der Waals surface area contributed by atoms with Gasteiger partial charge in [0.25, 0.3) is 0 Å². The summed E-state index contributed by atoms with van der Waals surface area (Å²) in [6.45, 7) is 3.13. The molecule has 1 heterocycles. The molecule has 0 fully saturated rings. The van der Waals surface area contributed by atoms with E-state index < -0.39 is 29.8 Å². The molecule has 0 atom stereocenters. The maximum atomic E-state index is 13.4. The largest absolute Gasteiger partial charge is 0.454 e. The molecule has 2 aromatic rings. The minimum absolute atomic E-state index is 0.378. The van der Waals surface area contributed by atoms with Crippen LogP contribution in [0.4, 0.5) is 8.78 Å². The van der Waals surface area contributed by atoms with Crippen LogP contribution in [0.25, 0.3) is 0 Å². The number of hydrogen-bond donors (Lipinski definition) is 0. The Balaban J connectivity index is 2.07. The summed E-state index contributed by atoms with van der Waals surface area (Å²) in [4.78, 5) is 23.8. The Hall–Kier alpha value is -2.50. The number of carbonyl (C=O) groups excluding carboxylic acids is 2. The van der Waals surface area contributed by atoms with Crippen LogP contribution in [0.3, 0.4) is 0 Å². The average molecular weight is 307 g/mol. The highest BCUT2D eigenvalue weighted by molar-refractivity contribution is 6.00. The summed E-state index contributed by atoms with van der Waals surface area (Å²) in [6.07, 6.45) is 0. The van der Waals surface area contributed by atoms with Gasteiger partial charge in [0.15, 0.2) is 6.61 Å². The Kier molecular flexibility index (Phi) is 4.40. The zero-order chi connectivity index (χ0) is 16.4. The quantitative estimate of drug-likeness (QED) is 0.644. The van der Waals surface area contributed by atoms with Crippen molar-refractivity contribution in [2.45, 2.75) is 13.8 Å². The van der Waals surface area contributed by atoms with Crippen LogP contribution in [0.2, 0.25) is 0 Å². The minimum Gasteiger partial charge on any atom is -0.454 e. The van der Waals surface area contributed by atoms with Crippen molar-refractivity contribution in [3.8, 4) is 0 Å². The van der Waals surface area contributed by atoms with Crippen LogP contribution in [0.5, 0.6) is 0 Å². The summed E-state index contributed by atoms with van der Waals surface area (Å²) < 4.78 is 32.9. The van der Waals surface area contributed by atoms with E-state index in [1.807, 2.05) is 18.5 Å². The first-order chi connectivity index (χ1) is 10.3. The van der Waals surface area contributed by atoms with Gasteiger partial charge in [-0.3, -0.25) is 4.79 Å². The third-order valence-electron chi connectivity index (χ3n) is 3.56. The standard InChI is InChI=1S/C16H15F2NO3/c1-9-6-13(10(2)19(9)3)15(20)8-22-16(21)12-5-4-11(17)7-14(12)18/h4-7H,8H2,1-3H3. The Labute approximate surface area is 126 Å². The third-order valence-corrected chi connectivity index (χ3v) is 3.56. The van der Waals surface area contributed by atoms with Gasteiger partial charge in [0.05, 0.1) is 5.56 Å². The van der Waals surface area contributed by atoms with Gasteiger partial charge in [0.1, 0.15) is 11.6 Å². The van der Waals surface area contributed by atoms with E-state index in [0.717, 1.165) is 23.5 Å². The van der Waals surface area contributed by atoms with Crippen molar-refractivity contribution in [3.63, 3.8) is 0 Å². The van der Waals surface area contributed by atoms with Crippen LogP contribution in [-0.2, 0) is 11.8 Å². The molecule has 0 N–H and O–H groups in total. The van der Waals surface area contributed by atoms with Gasteiger partial charge < -0.3 is 9.30 Å². The fourth-order valence-corrected chi connectivity index (χ4v) is 2.08.